The van der Waals surface area contributed by atoms with Crippen molar-refractivity contribution in [2.45, 2.75) is 6.54 Å². The Morgan fingerprint density at radius 2 is 2.00 bits per heavy atom. The van der Waals surface area contributed by atoms with E-state index in [0.29, 0.717) is 0 Å². The van der Waals surface area contributed by atoms with E-state index < -0.39 is 0 Å². The summed E-state index contributed by atoms with van der Waals surface area (Å²) in [5.41, 5.74) is 2.08. The first-order valence-corrected chi connectivity index (χ1v) is 6.84. The molecule has 0 atom stereocenters. The molecule has 0 aliphatic heterocycles. The predicted molar refractivity (Wildman–Crippen MR) is 78.4 cm³/mol. The smallest absolute Gasteiger partial charge is 0.113 e. The Labute approximate surface area is 114 Å². The Balaban J connectivity index is 1.76. The molecule has 0 spiro atoms. The van der Waals surface area contributed by atoms with Crippen molar-refractivity contribution in [3.63, 3.8) is 0 Å². The lowest BCUT2D eigenvalue weighted by Gasteiger charge is -2.03. The Bertz CT molecular complexity index is 645. The predicted octanol–water partition coefficient (Wildman–Crippen LogP) is 4.56. The fourth-order valence-corrected chi connectivity index (χ4v) is 2.87. The summed E-state index contributed by atoms with van der Waals surface area (Å²) in [6.07, 6.45) is 0. The molecule has 1 heterocycles. The summed E-state index contributed by atoms with van der Waals surface area (Å²) in [6, 6.07) is 15.9. The van der Waals surface area contributed by atoms with Gasteiger partial charge in [0.15, 0.2) is 0 Å². The monoisotopic (exact) mass is 274 g/mol. The minimum absolute atomic E-state index is 0.722. The minimum atomic E-state index is 0.722. The molecule has 18 heavy (non-hydrogen) atoms. The van der Waals surface area contributed by atoms with Gasteiger partial charge in [-0.25, -0.2) is 4.98 Å². The van der Waals surface area contributed by atoms with E-state index in [1.807, 2.05) is 42.5 Å². The quantitative estimate of drug-likeness (QED) is 0.757. The third-order valence-corrected chi connectivity index (χ3v) is 3.88. The molecular weight excluding hydrogens is 264 g/mol. The molecule has 0 unspecified atom stereocenters. The normalized spacial score (nSPS) is 10.7. The molecule has 0 bridgehead atoms. The first kappa shape index (κ1) is 11.5. The Morgan fingerprint density at radius 1 is 1.11 bits per heavy atom. The Morgan fingerprint density at radius 3 is 2.83 bits per heavy atom. The van der Waals surface area contributed by atoms with Crippen LogP contribution in [-0.2, 0) is 6.54 Å². The molecule has 2 nitrogen and oxygen atoms in total. The van der Waals surface area contributed by atoms with Gasteiger partial charge < -0.3 is 5.32 Å². The van der Waals surface area contributed by atoms with E-state index in [1.54, 1.807) is 11.3 Å². The number of nitrogens with one attached hydrogen (secondary N) is 1. The number of rotatable bonds is 3. The van der Waals surface area contributed by atoms with E-state index in [1.165, 1.54) is 4.70 Å². The average molecular weight is 275 g/mol. The maximum absolute atomic E-state index is 5.94. The summed E-state index contributed by atoms with van der Waals surface area (Å²) in [5, 5.41) is 5.15. The molecule has 2 aromatic carbocycles. The van der Waals surface area contributed by atoms with Crippen LogP contribution in [0.4, 0.5) is 5.69 Å². The molecule has 90 valence electrons. The molecule has 0 saturated heterocycles. The number of hydrogen-bond donors (Lipinski definition) is 1. The molecule has 3 aromatic rings. The number of benzene rings is 2. The van der Waals surface area contributed by atoms with Gasteiger partial charge in [-0.1, -0.05) is 29.8 Å². The van der Waals surface area contributed by atoms with Gasteiger partial charge in [0.25, 0.3) is 0 Å². The second kappa shape index (κ2) is 4.96. The van der Waals surface area contributed by atoms with Crippen molar-refractivity contribution in [3.05, 3.63) is 58.6 Å². The van der Waals surface area contributed by atoms with Crippen LogP contribution in [0.15, 0.2) is 48.5 Å². The molecule has 0 saturated carbocycles. The van der Waals surface area contributed by atoms with Crippen molar-refractivity contribution in [3.8, 4) is 0 Å². The van der Waals surface area contributed by atoms with Crippen LogP contribution in [0.3, 0.4) is 0 Å². The first-order valence-electron chi connectivity index (χ1n) is 5.65. The summed E-state index contributed by atoms with van der Waals surface area (Å²) in [6.45, 7) is 0.722. The SMILES string of the molecule is Clc1cccc(NCc2nc3ccccc3s2)c1. The van der Waals surface area contributed by atoms with Gasteiger partial charge in [0.2, 0.25) is 0 Å². The highest BCUT2D eigenvalue weighted by Crippen LogP contribution is 2.22. The van der Waals surface area contributed by atoms with Crippen LogP contribution in [-0.4, -0.2) is 4.98 Å². The topological polar surface area (TPSA) is 24.9 Å². The lowest BCUT2D eigenvalue weighted by molar-refractivity contribution is 1.12. The number of fused-ring (bicyclic) bond motifs is 1. The van der Waals surface area contributed by atoms with Gasteiger partial charge in [-0.3, -0.25) is 0 Å². The lowest BCUT2D eigenvalue weighted by atomic mass is 10.3. The van der Waals surface area contributed by atoms with E-state index >= 15 is 0 Å². The molecule has 1 aromatic heterocycles. The second-order valence-corrected chi connectivity index (χ2v) is 5.49. The second-order valence-electron chi connectivity index (χ2n) is 3.94. The molecule has 0 radical (unpaired) electrons. The van der Waals surface area contributed by atoms with Gasteiger partial charge in [-0.15, -0.1) is 11.3 Å². The van der Waals surface area contributed by atoms with Crippen LogP contribution in [0.5, 0.6) is 0 Å². The van der Waals surface area contributed by atoms with Gasteiger partial charge in [0.1, 0.15) is 5.01 Å². The van der Waals surface area contributed by atoms with Crippen LogP contribution in [0.1, 0.15) is 5.01 Å². The number of aromatic nitrogens is 1. The molecule has 0 aliphatic rings. The van der Waals surface area contributed by atoms with E-state index in [-0.39, 0.29) is 0 Å². The van der Waals surface area contributed by atoms with Crippen LogP contribution >= 0.6 is 22.9 Å². The summed E-state index contributed by atoms with van der Waals surface area (Å²) >= 11 is 7.65. The molecule has 3 rings (SSSR count). The standard InChI is InChI=1S/C14H11ClN2S/c15-10-4-3-5-11(8-10)16-9-14-17-12-6-1-2-7-13(12)18-14/h1-8,16H,9H2. The minimum Gasteiger partial charge on any atom is -0.378 e. The van der Waals surface area contributed by atoms with Gasteiger partial charge in [0.05, 0.1) is 16.8 Å². The largest absolute Gasteiger partial charge is 0.378 e. The summed E-state index contributed by atoms with van der Waals surface area (Å²) in [7, 11) is 0. The van der Waals surface area contributed by atoms with Crippen molar-refractivity contribution in [1.82, 2.24) is 4.98 Å². The number of para-hydroxylation sites is 1. The number of thiazole rings is 1. The van der Waals surface area contributed by atoms with Gasteiger partial charge in [-0.05, 0) is 30.3 Å². The number of halogens is 1. The van der Waals surface area contributed by atoms with Crippen molar-refractivity contribution in [1.29, 1.82) is 0 Å². The fraction of sp³-hybridized carbons (Fsp3) is 0.0714. The molecular formula is C14H11ClN2S. The highest BCUT2D eigenvalue weighted by atomic mass is 35.5. The molecule has 1 N–H and O–H groups in total. The van der Waals surface area contributed by atoms with E-state index in [2.05, 4.69) is 16.4 Å². The molecule has 0 fully saturated rings. The van der Waals surface area contributed by atoms with Crippen molar-refractivity contribution in [2.75, 3.05) is 5.32 Å². The van der Waals surface area contributed by atoms with E-state index in [0.717, 1.165) is 27.8 Å². The van der Waals surface area contributed by atoms with Crippen molar-refractivity contribution in [2.24, 2.45) is 0 Å². The van der Waals surface area contributed by atoms with E-state index in [9.17, 15) is 0 Å². The number of anilines is 1. The van der Waals surface area contributed by atoms with Crippen molar-refractivity contribution >= 4 is 38.8 Å². The van der Waals surface area contributed by atoms with E-state index in [4.69, 9.17) is 11.6 Å². The fourth-order valence-electron chi connectivity index (χ4n) is 1.77. The van der Waals surface area contributed by atoms with Crippen LogP contribution in [0, 0.1) is 0 Å². The first-order chi connectivity index (χ1) is 8.81. The summed E-state index contributed by atoms with van der Waals surface area (Å²) in [4.78, 5) is 4.57. The average Bonchev–Trinajstić information content (AvgIpc) is 2.79. The zero-order valence-electron chi connectivity index (χ0n) is 9.56. The zero-order valence-corrected chi connectivity index (χ0v) is 11.1. The number of nitrogens with zero attached hydrogens (tertiary/aromatic N) is 1. The highest BCUT2D eigenvalue weighted by molar-refractivity contribution is 7.18. The van der Waals surface area contributed by atoms with Gasteiger partial charge in [0, 0.05) is 10.7 Å². The third kappa shape index (κ3) is 2.47. The molecule has 0 amide bonds. The maximum atomic E-state index is 5.94. The van der Waals surface area contributed by atoms with Crippen molar-refractivity contribution < 1.29 is 0 Å². The van der Waals surface area contributed by atoms with Gasteiger partial charge >= 0.3 is 0 Å². The van der Waals surface area contributed by atoms with Crippen LogP contribution < -0.4 is 5.32 Å². The summed E-state index contributed by atoms with van der Waals surface area (Å²) < 4.78 is 1.22. The zero-order chi connectivity index (χ0) is 12.4. The van der Waals surface area contributed by atoms with Gasteiger partial charge in [-0.2, -0.15) is 0 Å². The number of hydrogen-bond acceptors (Lipinski definition) is 3. The Hall–Kier alpha value is -1.58. The Kier molecular flexibility index (Phi) is 3.17. The maximum Gasteiger partial charge on any atom is 0.113 e. The molecule has 4 heteroatoms. The highest BCUT2D eigenvalue weighted by Gasteiger charge is 2.02. The lowest BCUT2D eigenvalue weighted by Crippen LogP contribution is -1.98. The summed E-state index contributed by atoms with van der Waals surface area (Å²) in [5.74, 6) is 0. The van der Waals surface area contributed by atoms with Crippen LogP contribution in [0.2, 0.25) is 5.02 Å². The van der Waals surface area contributed by atoms with Crippen LogP contribution in [0.25, 0.3) is 10.2 Å². The molecule has 0 aliphatic carbocycles. The third-order valence-electron chi connectivity index (χ3n) is 2.61.